The summed E-state index contributed by atoms with van der Waals surface area (Å²) in [6, 6.07) is 4.18. The monoisotopic (exact) mass is 528 g/mol. The molecule has 0 radical (unpaired) electrons. The lowest BCUT2D eigenvalue weighted by atomic mass is 9.86. The van der Waals surface area contributed by atoms with Crippen LogP contribution in [0.25, 0.3) is 0 Å². The Morgan fingerprint density at radius 1 is 1.33 bits per heavy atom. The maximum Gasteiger partial charge on any atom is 0.213 e. The lowest BCUT2D eigenvalue weighted by molar-refractivity contribution is 0.316. The first-order valence-electron chi connectivity index (χ1n) is 9.36. The minimum Gasteiger partial charge on any atom is -0.357 e. The lowest BCUT2D eigenvalue weighted by Gasteiger charge is -2.25. The summed E-state index contributed by atoms with van der Waals surface area (Å²) in [7, 11) is -3.24. The Morgan fingerprint density at radius 2 is 2.07 bits per heavy atom. The first kappa shape index (κ1) is 24.6. The Hall–Kier alpha value is -0.390. The van der Waals surface area contributed by atoms with Gasteiger partial charge in [0.15, 0.2) is 5.96 Å². The van der Waals surface area contributed by atoms with Gasteiger partial charge in [0.25, 0.3) is 0 Å². The Morgan fingerprint density at radius 3 is 2.63 bits per heavy atom. The van der Waals surface area contributed by atoms with E-state index in [1.54, 1.807) is 11.3 Å². The number of aliphatic imine (C=N–C) groups is 1. The molecule has 6 nitrogen and oxygen atoms in total. The van der Waals surface area contributed by atoms with E-state index in [9.17, 15) is 8.42 Å². The van der Waals surface area contributed by atoms with Crippen LogP contribution in [0, 0.1) is 5.92 Å². The average Bonchev–Trinajstić information content (AvgIpc) is 3.06. The third-order valence-corrected chi connectivity index (χ3v) is 7.23. The van der Waals surface area contributed by atoms with Gasteiger partial charge in [-0.1, -0.05) is 26.3 Å². The van der Waals surface area contributed by atoms with E-state index in [2.05, 4.69) is 51.7 Å². The molecule has 1 aromatic rings. The number of hydrogen-bond acceptors (Lipinski definition) is 4. The molecule has 1 aliphatic rings. The van der Waals surface area contributed by atoms with Gasteiger partial charge in [-0.05, 0) is 37.1 Å². The van der Waals surface area contributed by atoms with Crippen molar-refractivity contribution < 1.29 is 8.42 Å². The summed E-state index contributed by atoms with van der Waals surface area (Å²) in [5, 5.41) is 8.39. The van der Waals surface area contributed by atoms with E-state index in [-0.39, 0.29) is 35.1 Å². The van der Waals surface area contributed by atoms with E-state index in [0.717, 1.165) is 19.4 Å². The van der Waals surface area contributed by atoms with Crippen LogP contribution < -0.4 is 15.4 Å². The van der Waals surface area contributed by atoms with Crippen molar-refractivity contribution in [2.24, 2.45) is 10.9 Å². The van der Waals surface area contributed by atoms with Gasteiger partial charge >= 0.3 is 0 Å². The number of nitrogens with zero attached hydrogens (tertiary/aromatic N) is 1. The molecule has 1 aromatic heterocycles. The zero-order chi connectivity index (χ0) is 19.0. The molecule has 0 unspecified atom stereocenters. The Balaban J connectivity index is 0.00000364. The second kappa shape index (κ2) is 11.6. The number of guanidine groups is 1. The predicted octanol–water partition coefficient (Wildman–Crippen LogP) is 2.92. The largest absolute Gasteiger partial charge is 0.357 e. The lowest BCUT2D eigenvalue weighted by Crippen LogP contribution is -2.42. The maximum absolute atomic E-state index is 12.1. The van der Waals surface area contributed by atoms with Crippen LogP contribution >= 0.6 is 35.3 Å². The van der Waals surface area contributed by atoms with E-state index >= 15 is 0 Å². The fourth-order valence-electron chi connectivity index (χ4n) is 2.68. The van der Waals surface area contributed by atoms with Gasteiger partial charge < -0.3 is 10.6 Å². The minimum atomic E-state index is -3.24. The molecule has 1 heterocycles. The third kappa shape index (κ3) is 8.66. The molecule has 1 saturated carbocycles. The molecule has 27 heavy (non-hydrogen) atoms. The Kier molecular flexibility index (Phi) is 10.6. The van der Waals surface area contributed by atoms with Crippen molar-refractivity contribution in [1.29, 1.82) is 0 Å². The highest BCUT2D eigenvalue weighted by Gasteiger charge is 2.22. The molecule has 156 valence electrons. The van der Waals surface area contributed by atoms with Crippen LogP contribution in [0.4, 0.5) is 0 Å². The normalized spacial score (nSPS) is 15.7. The third-order valence-electron chi connectivity index (χ3n) is 4.64. The van der Waals surface area contributed by atoms with Gasteiger partial charge in [-0.2, -0.15) is 0 Å². The van der Waals surface area contributed by atoms with E-state index in [1.165, 1.54) is 11.3 Å². The van der Waals surface area contributed by atoms with Gasteiger partial charge in [0.1, 0.15) is 0 Å². The van der Waals surface area contributed by atoms with Gasteiger partial charge in [-0.3, -0.25) is 4.99 Å². The van der Waals surface area contributed by atoms with Gasteiger partial charge in [0.05, 0.1) is 12.3 Å². The molecule has 3 N–H and O–H groups in total. The fraction of sp³-hybridized carbons (Fsp3) is 0.722. The van der Waals surface area contributed by atoms with Crippen LogP contribution in [0.5, 0.6) is 0 Å². The smallest absolute Gasteiger partial charge is 0.213 e. The molecule has 1 aliphatic carbocycles. The summed E-state index contributed by atoms with van der Waals surface area (Å²) >= 11 is 1.73. The molecule has 0 atom stereocenters. The first-order chi connectivity index (χ1) is 12.3. The molecule has 9 heteroatoms. The van der Waals surface area contributed by atoms with Crippen LogP contribution in [0.2, 0.25) is 0 Å². The van der Waals surface area contributed by atoms with Crippen molar-refractivity contribution >= 4 is 51.3 Å². The van der Waals surface area contributed by atoms with Gasteiger partial charge in [-0.15, -0.1) is 35.3 Å². The first-order valence-corrected chi connectivity index (χ1v) is 11.9. The van der Waals surface area contributed by atoms with Crippen molar-refractivity contribution in [3.63, 3.8) is 0 Å². The van der Waals surface area contributed by atoms with Crippen LogP contribution in [-0.2, 0) is 15.4 Å². The zero-order valence-electron chi connectivity index (χ0n) is 16.5. The number of rotatable bonds is 10. The standard InChI is InChI=1S/C18H32N4O2S2.HI/c1-4-19-17(21-14-18(2,3)16-9-6-11-25-16)20-10-12-26(23,24)22-13-15-7-5-8-15;/h6,9,11,15,22H,4-5,7-8,10,12-14H2,1-3H3,(H2,19,20,21);1H. The molecule has 0 aliphatic heterocycles. The number of sulfonamides is 1. The average molecular weight is 529 g/mol. The molecule has 2 rings (SSSR count). The van der Waals surface area contributed by atoms with E-state index in [1.807, 2.05) is 6.92 Å². The topological polar surface area (TPSA) is 82.6 Å². The Bertz CT molecular complexity index is 672. The molecular formula is C18H33IN4O2S2. The summed E-state index contributed by atoms with van der Waals surface area (Å²) < 4.78 is 26.9. The predicted molar refractivity (Wildman–Crippen MR) is 126 cm³/mol. The van der Waals surface area contributed by atoms with E-state index in [4.69, 9.17) is 0 Å². The second-order valence-corrected chi connectivity index (χ2v) is 10.3. The highest BCUT2D eigenvalue weighted by Crippen LogP contribution is 2.27. The Labute approximate surface area is 185 Å². The van der Waals surface area contributed by atoms with E-state index in [0.29, 0.717) is 31.5 Å². The summed E-state index contributed by atoms with van der Waals surface area (Å²) in [5.41, 5.74) is -0.0487. The van der Waals surface area contributed by atoms with E-state index < -0.39 is 10.0 Å². The summed E-state index contributed by atoms with van der Waals surface area (Å²) in [4.78, 5) is 5.93. The van der Waals surface area contributed by atoms with Crippen molar-refractivity contribution in [3.05, 3.63) is 22.4 Å². The van der Waals surface area contributed by atoms with Crippen molar-refractivity contribution in [3.8, 4) is 0 Å². The van der Waals surface area contributed by atoms with Crippen LogP contribution in [0.3, 0.4) is 0 Å². The minimum absolute atomic E-state index is 0. The molecule has 1 fully saturated rings. The molecule has 0 aromatic carbocycles. The SMILES string of the molecule is CCNC(=NCC(C)(C)c1cccs1)NCCS(=O)(=O)NCC1CCC1.I. The molecule has 0 amide bonds. The van der Waals surface area contributed by atoms with Gasteiger partial charge in [-0.25, -0.2) is 13.1 Å². The molecule has 0 saturated heterocycles. The summed E-state index contributed by atoms with van der Waals surface area (Å²) in [6.07, 6.45) is 3.49. The van der Waals surface area contributed by atoms with Gasteiger partial charge in [0, 0.05) is 29.9 Å². The van der Waals surface area contributed by atoms with Crippen LogP contribution in [-0.4, -0.2) is 46.3 Å². The fourth-order valence-corrected chi connectivity index (χ4v) is 4.53. The number of halogens is 1. The van der Waals surface area contributed by atoms with Crippen molar-refractivity contribution in [2.75, 3.05) is 31.9 Å². The van der Waals surface area contributed by atoms with Crippen LogP contribution in [0.1, 0.15) is 44.9 Å². The quantitative estimate of drug-likeness (QED) is 0.248. The summed E-state index contributed by atoms with van der Waals surface area (Å²) in [6.45, 7) is 8.62. The molecule has 0 bridgehead atoms. The highest BCUT2D eigenvalue weighted by molar-refractivity contribution is 14.0. The van der Waals surface area contributed by atoms with Crippen molar-refractivity contribution in [1.82, 2.24) is 15.4 Å². The van der Waals surface area contributed by atoms with Crippen LogP contribution in [0.15, 0.2) is 22.5 Å². The zero-order valence-corrected chi connectivity index (χ0v) is 20.4. The summed E-state index contributed by atoms with van der Waals surface area (Å²) in [5.74, 6) is 1.24. The number of hydrogen-bond donors (Lipinski definition) is 3. The molecular weight excluding hydrogens is 495 g/mol. The maximum atomic E-state index is 12.1. The van der Waals surface area contributed by atoms with Crippen molar-refractivity contribution in [2.45, 2.75) is 45.4 Å². The number of thiophene rings is 1. The second-order valence-electron chi connectivity index (χ2n) is 7.45. The molecule has 0 spiro atoms. The van der Waals surface area contributed by atoms with Gasteiger partial charge in [0.2, 0.25) is 10.0 Å². The number of nitrogens with one attached hydrogen (secondary N) is 3. The highest BCUT2D eigenvalue weighted by atomic mass is 127.